The third-order valence-corrected chi connectivity index (χ3v) is 3.36. The fourth-order valence-corrected chi connectivity index (χ4v) is 2.08. The zero-order chi connectivity index (χ0) is 19.3. The van der Waals surface area contributed by atoms with E-state index in [1.54, 1.807) is 24.3 Å². The van der Waals surface area contributed by atoms with Gasteiger partial charge in [0.25, 0.3) is 5.91 Å². The number of amides is 2. The fourth-order valence-electron chi connectivity index (χ4n) is 2.08. The maximum atomic E-state index is 13.0. The highest BCUT2D eigenvalue weighted by molar-refractivity contribution is 5.99. The standard InChI is InChI=1S/C18H18FN3O4/c1-10(26-18(25)15-8-3-12(19)9-16(15)20)17(24)22-14-6-4-13(5-7-14)21-11(2)23/h3-10H,20H2,1-2H3,(H,21,23)(H,22,24). The van der Waals surface area contributed by atoms with Gasteiger partial charge in [-0.15, -0.1) is 0 Å². The third kappa shape index (κ3) is 5.04. The summed E-state index contributed by atoms with van der Waals surface area (Å²) < 4.78 is 18.1. The number of hydrogen-bond acceptors (Lipinski definition) is 5. The molecular formula is C18H18FN3O4. The van der Waals surface area contributed by atoms with E-state index in [0.717, 1.165) is 12.1 Å². The molecule has 2 aromatic rings. The summed E-state index contributed by atoms with van der Waals surface area (Å²) in [4.78, 5) is 35.1. The average molecular weight is 359 g/mol. The van der Waals surface area contributed by atoms with Gasteiger partial charge in [0.2, 0.25) is 5.91 Å². The normalized spacial score (nSPS) is 11.3. The van der Waals surface area contributed by atoms with Crippen molar-refractivity contribution < 1.29 is 23.5 Å². The number of nitrogens with two attached hydrogens (primary N) is 1. The van der Waals surface area contributed by atoms with Crippen molar-refractivity contribution in [2.45, 2.75) is 20.0 Å². The molecule has 136 valence electrons. The molecule has 0 heterocycles. The van der Waals surface area contributed by atoms with Gasteiger partial charge in [0, 0.05) is 24.0 Å². The molecule has 0 radical (unpaired) electrons. The summed E-state index contributed by atoms with van der Waals surface area (Å²) in [6.45, 7) is 2.79. The molecule has 0 saturated heterocycles. The molecule has 0 bridgehead atoms. The van der Waals surface area contributed by atoms with Crippen LogP contribution in [0.15, 0.2) is 42.5 Å². The van der Waals surface area contributed by atoms with E-state index < -0.39 is 23.8 Å². The Morgan fingerprint density at radius 2 is 1.62 bits per heavy atom. The first-order valence-electron chi connectivity index (χ1n) is 7.71. The highest BCUT2D eigenvalue weighted by Crippen LogP contribution is 2.17. The lowest BCUT2D eigenvalue weighted by Crippen LogP contribution is -2.30. The summed E-state index contributed by atoms with van der Waals surface area (Å²) in [5.41, 5.74) is 6.53. The summed E-state index contributed by atoms with van der Waals surface area (Å²) in [6, 6.07) is 9.69. The van der Waals surface area contributed by atoms with E-state index in [9.17, 15) is 18.8 Å². The number of halogens is 1. The molecule has 0 aromatic heterocycles. The van der Waals surface area contributed by atoms with Crippen LogP contribution in [-0.2, 0) is 14.3 Å². The Bertz CT molecular complexity index is 837. The Hall–Kier alpha value is -3.42. The quantitative estimate of drug-likeness (QED) is 0.561. The Morgan fingerprint density at radius 1 is 1.04 bits per heavy atom. The molecule has 2 rings (SSSR count). The molecule has 0 aliphatic rings. The molecule has 0 fully saturated rings. The monoisotopic (exact) mass is 359 g/mol. The molecular weight excluding hydrogens is 341 g/mol. The minimum atomic E-state index is -1.10. The number of nitrogen functional groups attached to an aromatic ring is 1. The van der Waals surface area contributed by atoms with Crippen LogP contribution in [0.4, 0.5) is 21.5 Å². The molecule has 0 aliphatic heterocycles. The van der Waals surface area contributed by atoms with Gasteiger partial charge in [-0.3, -0.25) is 9.59 Å². The zero-order valence-electron chi connectivity index (χ0n) is 14.2. The van der Waals surface area contributed by atoms with Crippen molar-refractivity contribution in [2.24, 2.45) is 0 Å². The molecule has 0 spiro atoms. The Balaban J connectivity index is 1.96. The van der Waals surface area contributed by atoms with Gasteiger partial charge in [-0.1, -0.05) is 0 Å². The maximum Gasteiger partial charge on any atom is 0.341 e. The number of anilines is 3. The van der Waals surface area contributed by atoms with E-state index in [0.29, 0.717) is 11.4 Å². The number of hydrogen-bond donors (Lipinski definition) is 3. The number of ether oxygens (including phenoxy) is 1. The number of esters is 1. The highest BCUT2D eigenvalue weighted by Gasteiger charge is 2.20. The first-order valence-corrected chi connectivity index (χ1v) is 7.71. The first kappa shape index (κ1) is 18.9. The molecule has 0 aliphatic carbocycles. The lowest BCUT2D eigenvalue weighted by atomic mass is 10.2. The van der Waals surface area contributed by atoms with Gasteiger partial charge in [0.05, 0.1) is 5.56 Å². The van der Waals surface area contributed by atoms with Crippen molar-refractivity contribution in [3.8, 4) is 0 Å². The van der Waals surface area contributed by atoms with Crippen LogP contribution >= 0.6 is 0 Å². The van der Waals surface area contributed by atoms with Crippen molar-refractivity contribution in [1.29, 1.82) is 0 Å². The van der Waals surface area contributed by atoms with Crippen molar-refractivity contribution in [3.05, 3.63) is 53.8 Å². The Labute approximate surface area is 149 Å². The van der Waals surface area contributed by atoms with Crippen LogP contribution in [0.1, 0.15) is 24.2 Å². The van der Waals surface area contributed by atoms with Gasteiger partial charge in [0.1, 0.15) is 5.82 Å². The van der Waals surface area contributed by atoms with Crippen LogP contribution in [0.5, 0.6) is 0 Å². The summed E-state index contributed by atoms with van der Waals surface area (Å²) in [5.74, 6) is -2.16. The second-order valence-corrected chi connectivity index (χ2v) is 5.53. The summed E-state index contributed by atoms with van der Waals surface area (Å²) in [6.07, 6.45) is -1.10. The summed E-state index contributed by atoms with van der Waals surface area (Å²) in [5, 5.41) is 5.18. The molecule has 26 heavy (non-hydrogen) atoms. The fraction of sp³-hybridized carbons (Fsp3) is 0.167. The second kappa shape index (κ2) is 8.11. The summed E-state index contributed by atoms with van der Waals surface area (Å²) >= 11 is 0. The number of benzene rings is 2. The van der Waals surface area contributed by atoms with Crippen molar-refractivity contribution in [2.75, 3.05) is 16.4 Å². The Kier molecular flexibility index (Phi) is 5.90. The van der Waals surface area contributed by atoms with Gasteiger partial charge < -0.3 is 21.1 Å². The predicted octanol–water partition coefficient (Wildman–Crippen LogP) is 2.55. The molecule has 2 amide bonds. The maximum absolute atomic E-state index is 13.0. The van der Waals surface area contributed by atoms with E-state index in [1.807, 2.05) is 0 Å². The van der Waals surface area contributed by atoms with Crippen LogP contribution in [0.2, 0.25) is 0 Å². The topological polar surface area (TPSA) is 111 Å². The number of carbonyl (C=O) groups is 3. The van der Waals surface area contributed by atoms with E-state index >= 15 is 0 Å². The van der Waals surface area contributed by atoms with Crippen molar-refractivity contribution in [3.63, 3.8) is 0 Å². The van der Waals surface area contributed by atoms with Gasteiger partial charge in [-0.05, 0) is 49.4 Å². The first-order chi connectivity index (χ1) is 12.3. The van der Waals surface area contributed by atoms with E-state index in [-0.39, 0.29) is 17.2 Å². The SMILES string of the molecule is CC(=O)Nc1ccc(NC(=O)C(C)OC(=O)c2ccc(F)cc2N)cc1. The van der Waals surface area contributed by atoms with Gasteiger partial charge in [-0.25, -0.2) is 9.18 Å². The lowest BCUT2D eigenvalue weighted by molar-refractivity contribution is -0.123. The minimum Gasteiger partial charge on any atom is -0.449 e. The molecule has 1 atom stereocenters. The van der Waals surface area contributed by atoms with Crippen molar-refractivity contribution in [1.82, 2.24) is 0 Å². The smallest absolute Gasteiger partial charge is 0.341 e. The molecule has 8 heteroatoms. The van der Waals surface area contributed by atoms with E-state index in [4.69, 9.17) is 10.5 Å². The van der Waals surface area contributed by atoms with Crippen LogP contribution in [0, 0.1) is 5.82 Å². The number of rotatable bonds is 5. The summed E-state index contributed by atoms with van der Waals surface area (Å²) in [7, 11) is 0. The largest absolute Gasteiger partial charge is 0.449 e. The van der Waals surface area contributed by atoms with Crippen LogP contribution in [0.3, 0.4) is 0 Å². The number of nitrogens with one attached hydrogen (secondary N) is 2. The molecule has 1 unspecified atom stereocenters. The van der Waals surface area contributed by atoms with Gasteiger partial charge in [0.15, 0.2) is 6.10 Å². The Morgan fingerprint density at radius 3 is 2.15 bits per heavy atom. The van der Waals surface area contributed by atoms with Crippen molar-refractivity contribution >= 4 is 34.8 Å². The van der Waals surface area contributed by atoms with Crippen LogP contribution < -0.4 is 16.4 Å². The predicted molar refractivity (Wildman–Crippen MR) is 95.1 cm³/mol. The van der Waals surface area contributed by atoms with Crippen LogP contribution in [-0.4, -0.2) is 23.9 Å². The minimum absolute atomic E-state index is 0.0225. The molecule has 7 nitrogen and oxygen atoms in total. The van der Waals surface area contributed by atoms with Gasteiger partial charge >= 0.3 is 5.97 Å². The molecule has 0 saturated carbocycles. The second-order valence-electron chi connectivity index (χ2n) is 5.53. The molecule has 2 aromatic carbocycles. The number of carbonyl (C=O) groups excluding carboxylic acids is 3. The average Bonchev–Trinajstić information content (AvgIpc) is 2.55. The lowest BCUT2D eigenvalue weighted by Gasteiger charge is -2.14. The van der Waals surface area contributed by atoms with E-state index in [2.05, 4.69) is 10.6 Å². The van der Waals surface area contributed by atoms with E-state index in [1.165, 1.54) is 19.9 Å². The highest BCUT2D eigenvalue weighted by atomic mass is 19.1. The zero-order valence-corrected chi connectivity index (χ0v) is 14.2. The van der Waals surface area contributed by atoms with Gasteiger partial charge in [-0.2, -0.15) is 0 Å². The molecule has 4 N–H and O–H groups in total. The van der Waals surface area contributed by atoms with Crippen LogP contribution in [0.25, 0.3) is 0 Å². The third-order valence-electron chi connectivity index (χ3n) is 3.36.